The van der Waals surface area contributed by atoms with E-state index in [0.717, 1.165) is 6.26 Å². The SMILES string of the molecule is CC(C)(C#N)c1ccc(S)cc1S(C)(=O)=O. The Morgan fingerprint density at radius 3 is 2.38 bits per heavy atom. The molecule has 0 heterocycles. The summed E-state index contributed by atoms with van der Waals surface area (Å²) in [7, 11) is -3.35. The zero-order chi connectivity index (χ0) is 12.6. The zero-order valence-electron chi connectivity index (χ0n) is 9.35. The van der Waals surface area contributed by atoms with Crippen LogP contribution in [0.4, 0.5) is 0 Å². The van der Waals surface area contributed by atoms with Gasteiger partial charge in [0.1, 0.15) is 0 Å². The van der Waals surface area contributed by atoms with E-state index in [-0.39, 0.29) is 4.90 Å². The molecule has 0 atom stereocenters. The lowest BCUT2D eigenvalue weighted by Crippen LogP contribution is -2.18. The van der Waals surface area contributed by atoms with Gasteiger partial charge in [-0.05, 0) is 31.5 Å². The molecule has 3 nitrogen and oxygen atoms in total. The molecule has 0 unspecified atom stereocenters. The van der Waals surface area contributed by atoms with Crippen molar-refractivity contribution in [2.75, 3.05) is 6.26 Å². The first kappa shape index (κ1) is 13.1. The first-order valence-electron chi connectivity index (χ1n) is 4.63. The third-order valence-corrected chi connectivity index (χ3v) is 3.73. The molecule has 0 aliphatic carbocycles. The number of nitriles is 1. The van der Waals surface area contributed by atoms with Crippen molar-refractivity contribution in [2.24, 2.45) is 0 Å². The van der Waals surface area contributed by atoms with Gasteiger partial charge in [-0.2, -0.15) is 5.26 Å². The van der Waals surface area contributed by atoms with Crippen molar-refractivity contribution in [1.29, 1.82) is 5.26 Å². The van der Waals surface area contributed by atoms with Crippen LogP contribution in [-0.4, -0.2) is 14.7 Å². The number of hydrogen-bond acceptors (Lipinski definition) is 4. The van der Waals surface area contributed by atoms with Gasteiger partial charge in [0.15, 0.2) is 9.84 Å². The maximum atomic E-state index is 11.6. The van der Waals surface area contributed by atoms with E-state index in [4.69, 9.17) is 5.26 Å². The fraction of sp³-hybridized carbons (Fsp3) is 0.364. The van der Waals surface area contributed by atoms with Crippen molar-refractivity contribution in [3.8, 4) is 6.07 Å². The standard InChI is InChI=1S/C11H13NO2S2/c1-11(2,7-12)9-5-4-8(15)6-10(9)16(3,13)14/h4-6,15H,1-3H3. The van der Waals surface area contributed by atoms with Crippen LogP contribution < -0.4 is 0 Å². The van der Waals surface area contributed by atoms with Crippen LogP contribution in [0.3, 0.4) is 0 Å². The molecule has 0 fully saturated rings. The van der Waals surface area contributed by atoms with E-state index in [1.807, 2.05) is 0 Å². The predicted octanol–water partition coefficient (Wildman–Crippen LogP) is 2.18. The summed E-state index contributed by atoms with van der Waals surface area (Å²) in [5, 5.41) is 9.04. The van der Waals surface area contributed by atoms with Crippen molar-refractivity contribution < 1.29 is 8.42 Å². The monoisotopic (exact) mass is 255 g/mol. The van der Waals surface area contributed by atoms with Crippen molar-refractivity contribution in [2.45, 2.75) is 29.1 Å². The second-order valence-corrected chi connectivity index (χ2v) is 6.69. The third kappa shape index (κ3) is 2.57. The first-order valence-corrected chi connectivity index (χ1v) is 6.97. The van der Waals surface area contributed by atoms with Crippen LogP contribution in [0.25, 0.3) is 0 Å². The van der Waals surface area contributed by atoms with Gasteiger partial charge < -0.3 is 0 Å². The van der Waals surface area contributed by atoms with E-state index >= 15 is 0 Å². The topological polar surface area (TPSA) is 57.9 Å². The van der Waals surface area contributed by atoms with Gasteiger partial charge in [0.25, 0.3) is 0 Å². The highest BCUT2D eigenvalue weighted by molar-refractivity contribution is 7.90. The number of thiol groups is 1. The number of benzene rings is 1. The van der Waals surface area contributed by atoms with Crippen molar-refractivity contribution in [1.82, 2.24) is 0 Å². The number of hydrogen-bond donors (Lipinski definition) is 1. The molecule has 86 valence electrons. The van der Waals surface area contributed by atoms with Crippen LogP contribution in [0.1, 0.15) is 19.4 Å². The summed E-state index contributed by atoms with van der Waals surface area (Å²) >= 11 is 4.11. The molecule has 1 aromatic rings. The maximum Gasteiger partial charge on any atom is 0.175 e. The van der Waals surface area contributed by atoms with Crippen molar-refractivity contribution >= 4 is 22.5 Å². The van der Waals surface area contributed by atoms with Crippen LogP contribution in [0.2, 0.25) is 0 Å². The molecule has 16 heavy (non-hydrogen) atoms. The summed E-state index contributed by atoms with van der Waals surface area (Å²) in [6.07, 6.45) is 1.13. The quantitative estimate of drug-likeness (QED) is 0.824. The van der Waals surface area contributed by atoms with E-state index in [1.165, 1.54) is 6.07 Å². The van der Waals surface area contributed by atoms with E-state index in [0.29, 0.717) is 10.5 Å². The Labute approximate surface area is 101 Å². The Kier molecular flexibility index (Phi) is 3.36. The maximum absolute atomic E-state index is 11.6. The third-order valence-electron chi connectivity index (χ3n) is 2.32. The Hall–Kier alpha value is -0.990. The molecule has 0 N–H and O–H groups in total. The average molecular weight is 255 g/mol. The molecule has 5 heteroatoms. The lowest BCUT2D eigenvalue weighted by molar-refractivity contribution is 0.594. The van der Waals surface area contributed by atoms with Gasteiger partial charge >= 0.3 is 0 Å². The highest BCUT2D eigenvalue weighted by atomic mass is 32.2. The molecule has 0 amide bonds. The van der Waals surface area contributed by atoms with Crippen LogP contribution in [0, 0.1) is 11.3 Å². The van der Waals surface area contributed by atoms with Crippen molar-refractivity contribution in [3.05, 3.63) is 23.8 Å². The molecule has 1 aromatic carbocycles. The molecule has 0 bridgehead atoms. The molecule has 0 saturated carbocycles. The zero-order valence-corrected chi connectivity index (χ0v) is 11.1. The van der Waals surface area contributed by atoms with Crippen LogP contribution in [0.15, 0.2) is 28.0 Å². The molecule has 0 aliphatic rings. The first-order chi connectivity index (χ1) is 7.18. The Bertz CT molecular complexity index is 554. The van der Waals surface area contributed by atoms with Gasteiger partial charge in [0.05, 0.1) is 16.4 Å². The van der Waals surface area contributed by atoms with Gasteiger partial charge in [-0.1, -0.05) is 6.07 Å². The lowest BCUT2D eigenvalue weighted by atomic mass is 9.86. The molecule has 1 rings (SSSR count). The second-order valence-electron chi connectivity index (χ2n) is 4.19. The minimum absolute atomic E-state index is 0.173. The lowest BCUT2D eigenvalue weighted by Gasteiger charge is -2.19. The fourth-order valence-corrected chi connectivity index (χ4v) is 2.75. The average Bonchev–Trinajstić information content (AvgIpc) is 2.16. The van der Waals surface area contributed by atoms with E-state index in [2.05, 4.69) is 18.7 Å². The Morgan fingerprint density at radius 1 is 1.38 bits per heavy atom. The minimum atomic E-state index is -3.35. The summed E-state index contributed by atoms with van der Waals surface area (Å²) in [4.78, 5) is 0.740. The molecule has 0 radical (unpaired) electrons. The van der Waals surface area contributed by atoms with Gasteiger partial charge in [-0.25, -0.2) is 8.42 Å². The molecule has 0 aromatic heterocycles. The summed E-state index contributed by atoms with van der Waals surface area (Å²) in [6, 6.07) is 6.91. The highest BCUT2D eigenvalue weighted by Crippen LogP contribution is 2.30. The van der Waals surface area contributed by atoms with Gasteiger partial charge in [-0.3, -0.25) is 0 Å². The highest BCUT2D eigenvalue weighted by Gasteiger charge is 2.27. The number of sulfone groups is 1. The number of nitrogens with zero attached hydrogens (tertiary/aromatic N) is 1. The minimum Gasteiger partial charge on any atom is -0.224 e. The normalized spacial score (nSPS) is 12.2. The van der Waals surface area contributed by atoms with Gasteiger partial charge in [-0.15, -0.1) is 12.6 Å². The van der Waals surface area contributed by atoms with E-state index in [1.54, 1.807) is 26.0 Å². The number of rotatable bonds is 2. The Balaban J connectivity index is 3.61. The van der Waals surface area contributed by atoms with Crippen LogP contribution in [0.5, 0.6) is 0 Å². The van der Waals surface area contributed by atoms with Crippen LogP contribution in [-0.2, 0) is 15.3 Å². The molecule has 0 saturated heterocycles. The molecule has 0 aliphatic heterocycles. The summed E-state index contributed by atoms with van der Waals surface area (Å²) in [6.45, 7) is 3.38. The van der Waals surface area contributed by atoms with Gasteiger partial charge in [0, 0.05) is 11.2 Å². The summed E-state index contributed by atoms with van der Waals surface area (Å²) < 4.78 is 23.3. The summed E-state index contributed by atoms with van der Waals surface area (Å²) in [5.74, 6) is 0. The van der Waals surface area contributed by atoms with Gasteiger partial charge in [0.2, 0.25) is 0 Å². The summed E-state index contributed by atoms with van der Waals surface area (Å²) in [5.41, 5.74) is -0.324. The predicted molar refractivity (Wildman–Crippen MR) is 65.4 cm³/mol. The smallest absolute Gasteiger partial charge is 0.175 e. The largest absolute Gasteiger partial charge is 0.224 e. The molecular formula is C11H13NO2S2. The Morgan fingerprint density at radius 2 is 1.94 bits per heavy atom. The van der Waals surface area contributed by atoms with E-state index < -0.39 is 15.3 Å². The molecule has 0 spiro atoms. The second kappa shape index (κ2) is 4.11. The van der Waals surface area contributed by atoms with Crippen LogP contribution >= 0.6 is 12.6 Å². The van der Waals surface area contributed by atoms with Crippen molar-refractivity contribution in [3.63, 3.8) is 0 Å². The van der Waals surface area contributed by atoms with E-state index in [9.17, 15) is 8.42 Å². The molecular weight excluding hydrogens is 242 g/mol. The fourth-order valence-electron chi connectivity index (χ4n) is 1.39.